The van der Waals surface area contributed by atoms with Gasteiger partial charge in [-0.1, -0.05) is 30.3 Å². The van der Waals surface area contributed by atoms with E-state index >= 15 is 0 Å². The normalized spacial score (nSPS) is 19.1. The smallest absolute Gasteiger partial charge is 0.339 e. The van der Waals surface area contributed by atoms with Gasteiger partial charge in [0.25, 0.3) is 5.91 Å². The van der Waals surface area contributed by atoms with Crippen molar-refractivity contribution in [3.05, 3.63) is 64.7 Å². The quantitative estimate of drug-likeness (QED) is 0.667. The molecule has 0 spiro atoms. The number of thiazole rings is 1. The van der Waals surface area contributed by atoms with E-state index in [2.05, 4.69) is 4.98 Å². The standard InChI is InChI=1S/C20H18N2O3S/c1-20(11-13-7-3-4-8-14(13)18(23)25-20)19(24)22(2)12-17-21-15-9-5-6-10-16(15)26-17/h3-10H,11-12H2,1-2H3. The van der Waals surface area contributed by atoms with Crippen LogP contribution in [0.1, 0.15) is 27.9 Å². The van der Waals surface area contributed by atoms with Crippen LogP contribution in [0.5, 0.6) is 0 Å². The highest BCUT2D eigenvalue weighted by Gasteiger charge is 2.44. The second kappa shape index (κ2) is 6.21. The topological polar surface area (TPSA) is 59.5 Å². The number of fused-ring (bicyclic) bond motifs is 2. The minimum absolute atomic E-state index is 0.223. The number of nitrogens with zero attached hydrogens (tertiary/aromatic N) is 2. The number of cyclic esters (lactones) is 1. The first-order valence-electron chi connectivity index (χ1n) is 8.37. The fourth-order valence-corrected chi connectivity index (χ4v) is 4.34. The fourth-order valence-electron chi connectivity index (χ4n) is 3.32. The molecule has 26 heavy (non-hydrogen) atoms. The summed E-state index contributed by atoms with van der Waals surface area (Å²) >= 11 is 1.56. The van der Waals surface area contributed by atoms with Gasteiger partial charge in [0, 0.05) is 13.5 Å². The third kappa shape index (κ3) is 2.86. The molecule has 0 radical (unpaired) electrons. The molecule has 1 amide bonds. The summed E-state index contributed by atoms with van der Waals surface area (Å²) in [4.78, 5) is 31.5. The SMILES string of the molecule is CN(Cc1nc2ccccc2s1)C(=O)C1(C)Cc2ccccc2C(=O)O1. The molecule has 5 nitrogen and oxygen atoms in total. The van der Waals surface area contributed by atoms with Crippen LogP contribution in [0.4, 0.5) is 0 Å². The Morgan fingerprint density at radius 2 is 1.96 bits per heavy atom. The van der Waals surface area contributed by atoms with Crippen molar-refractivity contribution in [2.45, 2.75) is 25.5 Å². The molecule has 132 valence electrons. The summed E-state index contributed by atoms with van der Waals surface area (Å²) < 4.78 is 6.62. The number of likely N-dealkylation sites (N-methyl/N-ethyl adjacent to an activating group) is 1. The molecule has 0 fully saturated rings. The maximum Gasteiger partial charge on any atom is 0.339 e. The number of para-hydroxylation sites is 1. The molecule has 0 bridgehead atoms. The first-order valence-corrected chi connectivity index (χ1v) is 9.19. The summed E-state index contributed by atoms with van der Waals surface area (Å²) in [5.74, 6) is -0.671. The second-order valence-electron chi connectivity index (χ2n) is 6.69. The molecule has 1 aromatic heterocycles. The van der Waals surface area contributed by atoms with Crippen molar-refractivity contribution >= 4 is 33.4 Å². The monoisotopic (exact) mass is 366 g/mol. The molecule has 1 aliphatic heterocycles. The summed E-state index contributed by atoms with van der Waals surface area (Å²) in [6.07, 6.45) is 0.373. The zero-order chi connectivity index (χ0) is 18.3. The van der Waals surface area contributed by atoms with Gasteiger partial charge in [-0.25, -0.2) is 9.78 Å². The Kier molecular flexibility index (Phi) is 4.00. The molecular weight excluding hydrogens is 348 g/mol. The van der Waals surface area contributed by atoms with Crippen LogP contribution in [0.15, 0.2) is 48.5 Å². The van der Waals surface area contributed by atoms with E-state index in [9.17, 15) is 9.59 Å². The number of rotatable bonds is 3. The van der Waals surface area contributed by atoms with Crippen LogP contribution < -0.4 is 0 Å². The lowest BCUT2D eigenvalue weighted by molar-refractivity contribution is -0.150. The molecule has 1 atom stereocenters. The van der Waals surface area contributed by atoms with E-state index in [1.165, 1.54) is 0 Å². The number of carbonyl (C=O) groups excluding carboxylic acids is 2. The van der Waals surface area contributed by atoms with Crippen LogP contribution in [0.2, 0.25) is 0 Å². The zero-order valence-electron chi connectivity index (χ0n) is 14.6. The number of carbonyl (C=O) groups is 2. The zero-order valence-corrected chi connectivity index (χ0v) is 15.4. The number of hydrogen-bond acceptors (Lipinski definition) is 5. The summed E-state index contributed by atoms with van der Waals surface area (Å²) in [7, 11) is 1.72. The first-order chi connectivity index (χ1) is 12.5. The van der Waals surface area contributed by atoms with E-state index in [4.69, 9.17) is 4.74 Å². The van der Waals surface area contributed by atoms with Gasteiger partial charge in [0.1, 0.15) is 5.01 Å². The van der Waals surface area contributed by atoms with Gasteiger partial charge in [0.15, 0.2) is 5.60 Å². The number of esters is 1. The minimum atomic E-state index is -1.20. The van der Waals surface area contributed by atoms with Crippen molar-refractivity contribution in [1.82, 2.24) is 9.88 Å². The van der Waals surface area contributed by atoms with E-state index in [0.29, 0.717) is 18.5 Å². The van der Waals surface area contributed by atoms with Crippen molar-refractivity contribution in [1.29, 1.82) is 0 Å². The van der Waals surface area contributed by atoms with Crippen molar-refractivity contribution < 1.29 is 14.3 Å². The van der Waals surface area contributed by atoms with Crippen LogP contribution in [0.25, 0.3) is 10.2 Å². The van der Waals surface area contributed by atoms with Gasteiger partial charge in [-0.3, -0.25) is 4.79 Å². The van der Waals surface area contributed by atoms with E-state index in [0.717, 1.165) is 20.8 Å². The minimum Gasteiger partial charge on any atom is -0.445 e. The van der Waals surface area contributed by atoms with Crippen molar-refractivity contribution in [3.8, 4) is 0 Å². The second-order valence-corrected chi connectivity index (χ2v) is 7.81. The Bertz CT molecular complexity index is 980. The Morgan fingerprint density at radius 3 is 2.77 bits per heavy atom. The van der Waals surface area contributed by atoms with Crippen molar-refractivity contribution in [3.63, 3.8) is 0 Å². The van der Waals surface area contributed by atoms with E-state index < -0.39 is 11.6 Å². The van der Waals surface area contributed by atoms with Gasteiger partial charge >= 0.3 is 5.97 Å². The van der Waals surface area contributed by atoms with Gasteiger partial charge in [-0.2, -0.15) is 0 Å². The van der Waals surface area contributed by atoms with Gasteiger partial charge in [0.2, 0.25) is 0 Å². The van der Waals surface area contributed by atoms with Crippen molar-refractivity contribution in [2.24, 2.45) is 0 Å². The van der Waals surface area contributed by atoms with Crippen LogP contribution in [0.3, 0.4) is 0 Å². The molecule has 0 N–H and O–H groups in total. The van der Waals surface area contributed by atoms with E-state index in [1.807, 2.05) is 36.4 Å². The maximum atomic E-state index is 13.0. The van der Waals surface area contributed by atoms with Crippen molar-refractivity contribution in [2.75, 3.05) is 7.05 Å². The average Bonchev–Trinajstić information content (AvgIpc) is 3.03. The van der Waals surface area contributed by atoms with Gasteiger partial charge in [0.05, 0.1) is 22.3 Å². The highest BCUT2D eigenvalue weighted by molar-refractivity contribution is 7.18. The number of aromatic nitrogens is 1. The predicted molar refractivity (Wildman–Crippen MR) is 100 cm³/mol. The highest BCUT2D eigenvalue weighted by Crippen LogP contribution is 2.30. The van der Waals surface area contributed by atoms with E-state index in [1.54, 1.807) is 42.3 Å². The molecule has 6 heteroatoms. The van der Waals surface area contributed by atoms with Crippen LogP contribution in [-0.2, 0) is 22.5 Å². The van der Waals surface area contributed by atoms with Crippen LogP contribution in [-0.4, -0.2) is 34.4 Å². The Balaban J connectivity index is 1.55. The number of hydrogen-bond donors (Lipinski definition) is 0. The van der Waals surface area contributed by atoms with Crippen LogP contribution in [0, 0.1) is 0 Å². The maximum absolute atomic E-state index is 13.0. The molecule has 1 unspecified atom stereocenters. The summed E-state index contributed by atoms with van der Waals surface area (Å²) in [6.45, 7) is 2.06. The fraction of sp³-hybridized carbons (Fsp3) is 0.250. The lowest BCUT2D eigenvalue weighted by Gasteiger charge is -2.35. The molecule has 0 aliphatic carbocycles. The first kappa shape index (κ1) is 16.7. The predicted octanol–water partition coefficient (Wildman–Crippen LogP) is 3.43. The molecular formula is C20H18N2O3S. The van der Waals surface area contributed by atoms with Gasteiger partial charge in [-0.15, -0.1) is 11.3 Å². The van der Waals surface area contributed by atoms with Crippen LogP contribution >= 0.6 is 11.3 Å². The molecule has 2 heterocycles. The lowest BCUT2D eigenvalue weighted by Crippen LogP contribution is -2.51. The lowest BCUT2D eigenvalue weighted by atomic mass is 9.89. The summed E-state index contributed by atoms with van der Waals surface area (Å²) in [5.41, 5.74) is 1.11. The largest absolute Gasteiger partial charge is 0.445 e. The molecule has 2 aromatic carbocycles. The Labute approximate surface area is 155 Å². The highest BCUT2D eigenvalue weighted by atomic mass is 32.1. The molecule has 0 saturated heterocycles. The third-order valence-corrected chi connectivity index (χ3v) is 5.61. The average molecular weight is 366 g/mol. The van der Waals surface area contributed by atoms with Gasteiger partial charge < -0.3 is 9.64 Å². The number of benzene rings is 2. The Morgan fingerprint density at radius 1 is 1.23 bits per heavy atom. The third-order valence-electron chi connectivity index (χ3n) is 4.59. The molecule has 1 aliphatic rings. The Hall–Kier alpha value is -2.73. The molecule has 3 aromatic rings. The molecule has 0 saturated carbocycles. The molecule has 4 rings (SSSR count). The number of ether oxygens (including phenoxy) is 1. The number of amides is 1. The summed E-state index contributed by atoms with van der Waals surface area (Å²) in [6, 6.07) is 15.1. The summed E-state index contributed by atoms with van der Waals surface area (Å²) in [5, 5.41) is 0.855. The van der Waals surface area contributed by atoms with E-state index in [-0.39, 0.29) is 5.91 Å². The van der Waals surface area contributed by atoms with Gasteiger partial charge in [-0.05, 0) is 30.7 Å².